The van der Waals surface area contributed by atoms with Gasteiger partial charge in [-0.15, -0.1) is 0 Å². The normalized spacial score (nSPS) is 17.1. The maximum atomic E-state index is 12.9. The van der Waals surface area contributed by atoms with Gasteiger partial charge in [-0.05, 0) is 36.1 Å². The van der Waals surface area contributed by atoms with E-state index < -0.39 is 10.0 Å². The third-order valence-corrected chi connectivity index (χ3v) is 7.47. The fourth-order valence-corrected chi connectivity index (χ4v) is 5.04. The van der Waals surface area contributed by atoms with Gasteiger partial charge in [0.25, 0.3) is 0 Å². The molecule has 7 heteroatoms. The lowest BCUT2D eigenvalue weighted by atomic mass is 10.0. The average molecular weight is 430 g/mol. The van der Waals surface area contributed by atoms with E-state index in [4.69, 9.17) is 0 Å². The molecule has 1 unspecified atom stereocenters. The Hall–Kier alpha value is -2.22. The van der Waals surface area contributed by atoms with Gasteiger partial charge in [-0.1, -0.05) is 56.3 Å². The highest BCUT2D eigenvalue weighted by Crippen LogP contribution is 2.21. The summed E-state index contributed by atoms with van der Waals surface area (Å²) in [5.41, 5.74) is 2.18. The molecule has 0 radical (unpaired) electrons. The first-order valence-corrected chi connectivity index (χ1v) is 11.9. The standard InChI is InChI=1S/C23H31N3O3S/c1-18(2)20-9-11-22(12-10-20)30(28,29)26-15-13-25(14-16-26)17-23(27)24-19(3)21-7-5-4-6-8-21/h4-12,18-19H,13-17H2,1-3H3,(H,24,27). The van der Waals surface area contributed by atoms with E-state index in [2.05, 4.69) is 19.2 Å². The molecule has 0 aromatic heterocycles. The van der Waals surface area contributed by atoms with Gasteiger partial charge in [0.1, 0.15) is 0 Å². The lowest BCUT2D eigenvalue weighted by Gasteiger charge is -2.33. The van der Waals surface area contributed by atoms with Gasteiger partial charge in [-0.3, -0.25) is 9.69 Å². The zero-order chi connectivity index (χ0) is 21.7. The summed E-state index contributed by atoms with van der Waals surface area (Å²) >= 11 is 0. The number of nitrogens with one attached hydrogen (secondary N) is 1. The first-order chi connectivity index (χ1) is 14.3. The third kappa shape index (κ3) is 5.47. The van der Waals surface area contributed by atoms with E-state index in [1.807, 2.05) is 54.3 Å². The van der Waals surface area contributed by atoms with Gasteiger partial charge in [0.15, 0.2) is 0 Å². The highest BCUT2D eigenvalue weighted by atomic mass is 32.2. The van der Waals surface area contributed by atoms with Crippen molar-refractivity contribution in [2.45, 2.75) is 37.6 Å². The molecule has 1 saturated heterocycles. The Kier molecular flexibility index (Phi) is 7.28. The molecule has 1 N–H and O–H groups in total. The van der Waals surface area contributed by atoms with Gasteiger partial charge in [-0.2, -0.15) is 4.31 Å². The van der Waals surface area contributed by atoms with Gasteiger partial charge in [0, 0.05) is 26.2 Å². The van der Waals surface area contributed by atoms with Crippen molar-refractivity contribution in [3.8, 4) is 0 Å². The quantitative estimate of drug-likeness (QED) is 0.735. The lowest BCUT2D eigenvalue weighted by molar-refractivity contribution is -0.123. The van der Waals surface area contributed by atoms with Crippen molar-refractivity contribution in [2.75, 3.05) is 32.7 Å². The van der Waals surface area contributed by atoms with Crippen LogP contribution in [0.4, 0.5) is 0 Å². The maximum Gasteiger partial charge on any atom is 0.243 e. The molecule has 2 aromatic rings. The Morgan fingerprint density at radius 2 is 1.50 bits per heavy atom. The van der Waals surface area contributed by atoms with Crippen molar-refractivity contribution in [1.29, 1.82) is 0 Å². The summed E-state index contributed by atoms with van der Waals surface area (Å²) in [6, 6.07) is 16.9. The predicted molar refractivity (Wildman–Crippen MR) is 119 cm³/mol. The number of rotatable bonds is 7. The first kappa shape index (κ1) is 22.5. The van der Waals surface area contributed by atoms with Gasteiger partial charge >= 0.3 is 0 Å². The molecule has 0 bridgehead atoms. The van der Waals surface area contributed by atoms with E-state index in [1.54, 1.807) is 12.1 Å². The van der Waals surface area contributed by atoms with Crippen LogP contribution in [0.25, 0.3) is 0 Å². The number of nitrogens with zero attached hydrogens (tertiary/aromatic N) is 2. The van der Waals surface area contributed by atoms with Crippen LogP contribution < -0.4 is 5.32 Å². The molecule has 0 saturated carbocycles. The van der Waals surface area contributed by atoms with Crippen LogP contribution in [-0.2, 0) is 14.8 Å². The van der Waals surface area contributed by atoms with E-state index >= 15 is 0 Å². The van der Waals surface area contributed by atoms with Gasteiger partial charge in [0.2, 0.25) is 15.9 Å². The summed E-state index contributed by atoms with van der Waals surface area (Å²) in [6.45, 7) is 8.24. The molecule has 0 aliphatic carbocycles. The van der Waals surface area contributed by atoms with Crippen molar-refractivity contribution in [1.82, 2.24) is 14.5 Å². The molecule has 6 nitrogen and oxygen atoms in total. The second kappa shape index (κ2) is 9.73. The van der Waals surface area contributed by atoms with Crippen LogP contribution in [0.3, 0.4) is 0 Å². The van der Waals surface area contributed by atoms with Crippen LogP contribution in [0.1, 0.15) is 43.9 Å². The number of hydrogen-bond donors (Lipinski definition) is 1. The third-order valence-electron chi connectivity index (χ3n) is 5.56. The van der Waals surface area contributed by atoms with Gasteiger partial charge in [0.05, 0.1) is 17.5 Å². The summed E-state index contributed by atoms with van der Waals surface area (Å²) in [6.07, 6.45) is 0. The summed E-state index contributed by atoms with van der Waals surface area (Å²) < 4.78 is 27.4. The van der Waals surface area contributed by atoms with Crippen LogP contribution in [0, 0.1) is 0 Å². The highest BCUT2D eigenvalue weighted by molar-refractivity contribution is 7.89. The lowest BCUT2D eigenvalue weighted by Crippen LogP contribution is -2.51. The highest BCUT2D eigenvalue weighted by Gasteiger charge is 2.29. The monoisotopic (exact) mass is 429 g/mol. The molecule has 0 spiro atoms. The minimum Gasteiger partial charge on any atom is -0.348 e. The molecule has 30 heavy (non-hydrogen) atoms. The Balaban J connectivity index is 1.52. The van der Waals surface area contributed by atoms with Crippen LogP contribution >= 0.6 is 0 Å². The van der Waals surface area contributed by atoms with E-state index in [-0.39, 0.29) is 18.5 Å². The van der Waals surface area contributed by atoms with Gasteiger partial charge < -0.3 is 5.32 Å². The number of sulfonamides is 1. The van der Waals surface area contributed by atoms with Crippen LogP contribution in [0.5, 0.6) is 0 Å². The van der Waals surface area contributed by atoms with Crippen LogP contribution in [0.2, 0.25) is 0 Å². The maximum absolute atomic E-state index is 12.9. The van der Waals surface area contributed by atoms with Crippen molar-refractivity contribution < 1.29 is 13.2 Å². The van der Waals surface area contributed by atoms with Crippen molar-refractivity contribution in [3.63, 3.8) is 0 Å². The van der Waals surface area contributed by atoms with Gasteiger partial charge in [-0.25, -0.2) is 8.42 Å². The number of piperazine rings is 1. The number of carbonyl (C=O) groups is 1. The van der Waals surface area contributed by atoms with E-state index in [9.17, 15) is 13.2 Å². The van der Waals surface area contributed by atoms with Crippen molar-refractivity contribution >= 4 is 15.9 Å². The molecule has 162 valence electrons. The molecular formula is C23H31N3O3S. The van der Waals surface area contributed by atoms with Crippen molar-refractivity contribution in [2.24, 2.45) is 0 Å². The molecule has 1 amide bonds. The SMILES string of the molecule is CC(C)c1ccc(S(=O)(=O)N2CCN(CC(=O)NC(C)c3ccccc3)CC2)cc1. The Labute approximate surface area is 179 Å². The summed E-state index contributed by atoms with van der Waals surface area (Å²) in [7, 11) is -3.51. The average Bonchev–Trinajstić information content (AvgIpc) is 2.74. The fourth-order valence-electron chi connectivity index (χ4n) is 3.62. The number of amides is 1. The zero-order valence-electron chi connectivity index (χ0n) is 17.9. The van der Waals surface area contributed by atoms with Crippen LogP contribution in [0.15, 0.2) is 59.5 Å². The molecular weight excluding hydrogens is 398 g/mol. The Morgan fingerprint density at radius 1 is 0.900 bits per heavy atom. The summed E-state index contributed by atoms with van der Waals surface area (Å²) in [5, 5.41) is 3.01. The molecule has 3 rings (SSSR count). The minimum atomic E-state index is -3.51. The summed E-state index contributed by atoms with van der Waals surface area (Å²) in [4.78, 5) is 14.7. The molecule has 1 fully saturated rings. The van der Waals surface area contributed by atoms with E-state index in [0.29, 0.717) is 37.0 Å². The molecule has 1 aliphatic heterocycles. The topological polar surface area (TPSA) is 69.7 Å². The Morgan fingerprint density at radius 3 is 2.07 bits per heavy atom. The number of benzene rings is 2. The molecule has 1 aliphatic rings. The molecule has 2 aromatic carbocycles. The zero-order valence-corrected chi connectivity index (χ0v) is 18.7. The largest absolute Gasteiger partial charge is 0.348 e. The first-order valence-electron chi connectivity index (χ1n) is 10.4. The molecule has 1 heterocycles. The predicted octanol–water partition coefficient (Wildman–Crippen LogP) is 2.99. The smallest absolute Gasteiger partial charge is 0.243 e. The second-order valence-corrected chi connectivity index (χ2v) is 10.0. The van der Waals surface area contributed by atoms with Crippen LogP contribution in [-0.4, -0.2) is 56.3 Å². The van der Waals surface area contributed by atoms with Crippen molar-refractivity contribution in [3.05, 3.63) is 65.7 Å². The summed E-state index contributed by atoms with van der Waals surface area (Å²) in [5.74, 6) is 0.313. The van der Waals surface area contributed by atoms with E-state index in [1.165, 1.54) is 4.31 Å². The minimum absolute atomic E-state index is 0.0491. The Bertz CT molecular complexity index is 935. The number of carbonyl (C=O) groups excluding carboxylic acids is 1. The second-order valence-electron chi connectivity index (χ2n) is 8.10. The number of hydrogen-bond acceptors (Lipinski definition) is 4. The van der Waals surface area contributed by atoms with E-state index in [0.717, 1.165) is 11.1 Å². The molecule has 1 atom stereocenters. The fraction of sp³-hybridized carbons (Fsp3) is 0.435.